The number of piperazine rings is 2. The number of rotatable bonds is 20. The lowest BCUT2D eigenvalue weighted by molar-refractivity contribution is 0.116. The minimum atomic E-state index is -3.77. The molecule has 0 unspecified atom stereocenters. The molecule has 0 aliphatic carbocycles. The van der Waals surface area contributed by atoms with Crippen LogP contribution in [0.25, 0.3) is 11.5 Å². The van der Waals surface area contributed by atoms with Gasteiger partial charge in [0.05, 0.1) is 41.7 Å². The number of anilines is 2. The molecule has 2 fully saturated rings. The van der Waals surface area contributed by atoms with Gasteiger partial charge in [0.15, 0.2) is 0 Å². The van der Waals surface area contributed by atoms with Gasteiger partial charge in [-0.15, -0.1) is 10.2 Å². The summed E-state index contributed by atoms with van der Waals surface area (Å²) in [4.78, 5) is 9.03. The number of aromatic nitrogens is 2. The Hall–Kier alpha value is -5.29. The third-order valence-corrected chi connectivity index (χ3v) is 15.5. The van der Waals surface area contributed by atoms with Gasteiger partial charge in [-0.2, -0.15) is 8.78 Å². The van der Waals surface area contributed by atoms with E-state index in [2.05, 4.69) is 43.9 Å². The summed E-state index contributed by atoms with van der Waals surface area (Å²) in [6, 6.07) is 25.6. The fourth-order valence-electron chi connectivity index (χ4n) is 7.73. The molecule has 3 heterocycles. The minimum absolute atomic E-state index is 0.00818. The number of nitrogens with two attached hydrogens (primary N) is 1. The van der Waals surface area contributed by atoms with Crippen molar-refractivity contribution in [2.24, 2.45) is 5.73 Å². The van der Waals surface area contributed by atoms with Crippen molar-refractivity contribution in [2.75, 3.05) is 106 Å². The summed E-state index contributed by atoms with van der Waals surface area (Å²) in [5.74, 6) is -2.44. The molecule has 7 rings (SSSR count). The fraction of sp³-hybridized carbons (Fsp3) is 0.426. The van der Waals surface area contributed by atoms with Crippen LogP contribution in [0.5, 0.6) is 0 Å². The van der Waals surface area contributed by atoms with E-state index in [1.165, 1.54) is 32.9 Å². The molecule has 0 amide bonds. The summed E-state index contributed by atoms with van der Waals surface area (Å²) < 4.78 is 116. The lowest BCUT2D eigenvalue weighted by atomic mass is 10.1. The van der Waals surface area contributed by atoms with Crippen LogP contribution in [-0.2, 0) is 33.1 Å². The van der Waals surface area contributed by atoms with Crippen molar-refractivity contribution in [3.05, 3.63) is 131 Å². The number of nitrogens with zero attached hydrogens (tertiary/aromatic N) is 8. The monoisotopic (exact) mass is 984 g/mol. The van der Waals surface area contributed by atoms with Gasteiger partial charge < -0.3 is 35.2 Å². The van der Waals surface area contributed by atoms with Crippen LogP contribution in [0.2, 0.25) is 0 Å². The Labute approximate surface area is 396 Å². The van der Waals surface area contributed by atoms with Gasteiger partial charge in [0, 0.05) is 75.6 Å². The van der Waals surface area contributed by atoms with Gasteiger partial charge in [0.1, 0.15) is 11.6 Å². The van der Waals surface area contributed by atoms with Crippen LogP contribution >= 0.6 is 0 Å². The number of likely N-dealkylation sites (N-methyl/N-ethyl adjacent to an activating group) is 2. The van der Waals surface area contributed by atoms with Gasteiger partial charge in [-0.1, -0.05) is 54.6 Å². The Morgan fingerprint density at radius 1 is 0.676 bits per heavy atom. The van der Waals surface area contributed by atoms with Gasteiger partial charge in [-0.05, 0) is 88.1 Å². The van der Waals surface area contributed by atoms with Crippen molar-refractivity contribution >= 4 is 37.1 Å². The smallest absolute Gasteiger partial charge is 0.314 e. The Kier molecular flexibility index (Phi) is 18.6. The van der Waals surface area contributed by atoms with E-state index in [0.717, 1.165) is 65.0 Å². The van der Waals surface area contributed by atoms with E-state index in [0.29, 0.717) is 36.3 Å². The third-order valence-electron chi connectivity index (χ3n) is 11.9. The average Bonchev–Trinajstić information content (AvgIpc) is 3.84. The molecule has 21 heteroatoms. The minimum Gasteiger partial charge on any atom is -0.415 e. The number of para-hydroxylation sites is 2. The molecule has 0 bridgehead atoms. The summed E-state index contributed by atoms with van der Waals surface area (Å²) in [6.07, 6.45) is -1.96. The predicted molar refractivity (Wildman–Crippen MR) is 257 cm³/mol. The van der Waals surface area contributed by atoms with E-state index < -0.39 is 44.0 Å². The molecule has 0 atom stereocenters. The maximum absolute atomic E-state index is 15.0. The number of alkyl halides is 2. The summed E-state index contributed by atoms with van der Waals surface area (Å²) >= 11 is 0. The second-order valence-electron chi connectivity index (χ2n) is 16.9. The summed E-state index contributed by atoms with van der Waals surface area (Å²) in [5, 5.41) is 14.6. The molecule has 4 aromatic carbocycles. The van der Waals surface area contributed by atoms with Crippen LogP contribution in [-0.4, -0.2) is 150 Å². The molecule has 0 radical (unpaired) electrons. The second-order valence-corrected chi connectivity index (χ2v) is 20.9. The lowest BCUT2D eigenvalue weighted by Gasteiger charge is -2.32. The van der Waals surface area contributed by atoms with Crippen LogP contribution < -0.4 is 14.3 Å². The van der Waals surface area contributed by atoms with Gasteiger partial charge in [0.25, 0.3) is 5.89 Å². The van der Waals surface area contributed by atoms with Crippen molar-refractivity contribution in [3.8, 4) is 11.5 Å². The molecule has 68 heavy (non-hydrogen) atoms. The number of benzene rings is 4. The van der Waals surface area contributed by atoms with E-state index in [1.54, 1.807) is 60.7 Å². The highest BCUT2D eigenvalue weighted by atomic mass is 32.2. The standard InChI is InChI=1S/C24H28F3N5O3S.C23H32FN5O2S/c1-30-11-13-31(14-12-30)10-5-15-36(33,34)32(20-6-3-2-4-7-20)17-19-9-8-18(16-21(19)25)23-28-29-24(35-23)22(26)27;1-27-11-13-28(14-12-27)10-5-15-32(30,31)29(21-6-3-2-4-7-21)18-20-9-8-19(16-22(20)24)23(26)17-25/h2-4,6-9,16,22H,5,10-15,17H2,1H3;2-4,6-9,16,26H,5,10-15,17-18,25H2,1H3. The first-order valence-electron chi connectivity index (χ1n) is 22.4. The van der Waals surface area contributed by atoms with Gasteiger partial charge in [-0.25, -0.2) is 25.6 Å². The van der Waals surface area contributed by atoms with Crippen molar-refractivity contribution in [1.82, 2.24) is 29.8 Å². The molecule has 3 N–H and O–H groups in total. The third kappa shape index (κ3) is 14.6. The number of hydrogen-bond donors (Lipinski definition) is 2. The first-order valence-corrected chi connectivity index (χ1v) is 25.6. The molecule has 1 aromatic heterocycles. The van der Waals surface area contributed by atoms with Gasteiger partial charge in [-0.3, -0.25) is 8.61 Å². The molecule has 2 saturated heterocycles. The summed E-state index contributed by atoms with van der Waals surface area (Å²) in [6.45, 7) is 8.62. The molecule has 2 aliphatic rings. The van der Waals surface area contributed by atoms with E-state index in [-0.39, 0.29) is 59.4 Å². The number of hydrogen-bond acceptors (Lipinski definition) is 13. The molecular formula is C47H60F4N10O5S2. The summed E-state index contributed by atoms with van der Waals surface area (Å²) in [5.41, 5.74) is 7.44. The highest BCUT2D eigenvalue weighted by Gasteiger charge is 2.27. The SMILES string of the molecule is CN1CCN(CCCS(=O)(=O)N(Cc2ccc(-c3nnc(C(F)F)o3)cc2F)c2ccccc2)CC1.CN1CCN(CCCS(=O)(=O)N(Cc2ccc(C(=N)CN)cc2F)c2ccccc2)CC1. The predicted octanol–water partition coefficient (Wildman–Crippen LogP) is 5.91. The largest absolute Gasteiger partial charge is 0.415 e. The van der Waals surface area contributed by atoms with Crippen LogP contribution in [0.15, 0.2) is 101 Å². The Morgan fingerprint density at radius 3 is 1.54 bits per heavy atom. The van der Waals surface area contributed by atoms with Gasteiger partial charge >= 0.3 is 6.43 Å². The highest BCUT2D eigenvalue weighted by Crippen LogP contribution is 2.28. The maximum atomic E-state index is 15.0. The lowest BCUT2D eigenvalue weighted by Crippen LogP contribution is -2.45. The number of sulfonamides is 2. The molecule has 5 aromatic rings. The van der Waals surface area contributed by atoms with Crippen molar-refractivity contribution in [1.29, 1.82) is 5.41 Å². The zero-order chi connectivity index (χ0) is 48.8. The van der Waals surface area contributed by atoms with E-state index in [1.807, 2.05) is 6.07 Å². The second kappa shape index (κ2) is 24.3. The molecule has 2 aliphatic heterocycles. The summed E-state index contributed by atoms with van der Waals surface area (Å²) in [7, 11) is -3.28. The first kappa shape index (κ1) is 52.1. The van der Waals surface area contributed by atoms with Crippen LogP contribution in [0.4, 0.5) is 28.9 Å². The quantitative estimate of drug-likeness (QED) is 0.0698. The highest BCUT2D eigenvalue weighted by molar-refractivity contribution is 7.93. The fourth-order valence-corrected chi connectivity index (χ4v) is 10.7. The maximum Gasteiger partial charge on any atom is 0.314 e. The van der Waals surface area contributed by atoms with Crippen LogP contribution in [0.3, 0.4) is 0 Å². The Balaban J connectivity index is 0.000000226. The molecule has 0 saturated carbocycles. The normalized spacial score (nSPS) is 15.5. The molecule has 368 valence electrons. The van der Waals surface area contributed by atoms with E-state index >= 15 is 4.39 Å². The zero-order valence-corrected chi connectivity index (χ0v) is 40.0. The molecule has 0 spiro atoms. The van der Waals surface area contributed by atoms with Crippen molar-refractivity contribution in [3.63, 3.8) is 0 Å². The van der Waals surface area contributed by atoms with Crippen LogP contribution in [0, 0.1) is 17.0 Å². The van der Waals surface area contributed by atoms with Crippen molar-refractivity contribution in [2.45, 2.75) is 32.4 Å². The Bertz CT molecular complexity index is 2620. The number of nitrogens with one attached hydrogen (secondary N) is 1. The molecule has 15 nitrogen and oxygen atoms in total. The Morgan fingerprint density at radius 2 is 1.13 bits per heavy atom. The topological polar surface area (TPSA) is 177 Å². The average molecular weight is 985 g/mol. The first-order chi connectivity index (χ1) is 32.5. The van der Waals surface area contributed by atoms with Gasteiger partial charge in [0.2, 0.25) is 25.9 Å². The van der Waals surface area contributed by atoms with Crippen molar-refractivity contribution < 1.29 is 38.8 Å². The zero-order valence-electron chi connectivity index (χ0n) is 38.4. The number of halogens is 4. The van der Waals surface area contributed by atoms with E-state index in [4.69, 9.17) is 15.6 Å². The van der Waals surface area contributed by atoms with Crippen LogP contribution in [0.1, 0.15) is 41.8 Å². The van der Waals surface area contributed by atoms with E-state index in [9.17, 15) is 30.0 Å². The molecular weight excluding hydrogens is 925 g/mol.